The summed E-state index contributed by atoms with van der Waals surface area (Å²) in [5, 5.41) is 5.68. The van der Waals surface area contributed by atoms with Crippen LogP contribution in [0.2, 0.25) is 13.1 Å². The van der Waals surface area contributed by atoms with Gasteiger partial charge in [0.05, 0.1) is 0 Å². The Kier molecular flexibility index (Phi) is 14.9. The molecule has 0 spiro atoms. The van der Waals surface area contributed by atoms with E-state index in [1.54, 1.807) is 34.5 Å². The normalized spacial score (nSPS) is 22.8. The minimum atomic E-state index is 0. The van der Waals surface area contributed by atoms with Gasteiger partial charge in [0.25, 0.3) is 0 Å². The van der Waals surface area contributed by atoms with Gasteiger partial charge in [0, 0.05) is 0 Å². The zero-order chi connectivity index (χ0) is 40.9. The van der Waals surface area contributed by atoms with E-state index in [9.17, 15) is 0 Å². The molecule has 4 heteroatoms. The second-order valence-electron chi connectivity index (χ2n) is 21.6. The van der Waals surface area contributed by atoms with Crippen LogP contribution in [0, 0.1) is 22.7 Å². The Labute approximate surface area is 391 Å². The molecule has 60 heavy (non-hydrogen) atoms. The maximum atomic E-state index is 2.49. The second kappa shape index (κ2) is 18.9. The first-order valence-electron chi connectivity index (χ1n) is 22.7. The van der Waals surface area contributed by atoms with E-state index in [4.69, 9.17) is 0 Å². The van der Waals surface area contributed by atoms with Crippen LogP contribution < -0.4 is 24.8 Å². The van der Waals surface area contributed by atoms with Crippen LogP contribution in [0.25, 0.3) is 43.8 Å². The Balaban J connectivity index is 0.000000179. The van der Waals surface area contributed by atoms with E-state index in [0.717, 1.165) is 11.8 Å². The molecule has 10 rings (SSSR count). The van der Waals surface area contributed by atoms with Gasteiger partial charge >= 0.3 is 41.9 Å². The van der Waals surface area contributed by atoms with E-state index < -0.39 is 0 Å². The Morgan fingerprint density at radius 1 is 0.550 bits per heavy atom. The first kappa shape index (κ1) is 47.3. The van der Waals surface area contributed by atoms with Crippen LogP contribution in [0.4, 0.5) is 0 Å². The molecule has 0 unspecified atom stereocenters. The number of fused-ring (bicyclic) bond motifs is 6. The zero-order valence-corrected chi connectivity index (χ0v) is 42.8. The molecule has 0 amide bonds. The van der Waals surface area contributed by atoms with Crippen molar-refractivity contribution in [2.24, 2.45) is 22.7 Å². The fraction of sp³-hybridized carbons (Fsp3) is 0.464. The van der Waals surface area contributed by atoms with Crippen molar-refractivity contribution in [2.45, 2.75) is 143 Å². The van der Waals surface area contributed by atoms with E-state index in [1.807, 2.05) is 0 Å². The van der Waals surface area contributed by atoms with Crippen molar-refractivity contribution < 1.29 is 48.1 Å². The molecular weight excluding hydrogens is 863 g/mol. The van der Waals surface area contributed by atoms with Crippen LogP contribution in [0.5, 0.6) is 0 Å². The predicted molar refractivity (Wildman–Crippen MR) is 250 cm³/mol. The molecule has 0 nitrogen and oxygen atoms in total. The predicted octanol–water partition coefficient (Wildman–Crippen LogP) is 10.1. The summed E-state index contributed by atoms with van der Waals surface area (Å²) >= 11 is 1.74. The first-order valence-corrected chi connectivity index (χ1v) is 28.9. The Morgan fingerprint density at radius 3 is 1.17 bits per heavy atom. The Bertz CT molecular complexity index is 2200. The van der Waals surface area contributed by atoms with Gasteiger partial charge < -0.3 is 24.8 Å². The second-order valence-corrected chi connectivity index (χ2v) is 31.0. The summed E-state index contributed by atoms with van der Waals surface area (Å²) in [5.74, 6) is 2.07. The molecule has 6 aromatic carbocycles. The molecule has 0 saturated heterocycles. The van der Waals surface area contributed by atoms with Crippen molar-refractivity contribution >= 4 is 27.0 Å². The number of benzene rings is 4. The van der Waals surface area contributed by atoms with Gasteiger partial charge in [-0.05, 0) is 133 Å². The average Bonchev–Trinajstić information content (AvgIpc) is 4.05. The van der Waals surface area contributed by atoms with E-state index in [0.29, 0.717) is 10.8 Å². The van der Waals surface area contributed by atoms with Gasteiger partial charge in [-0.15, -0.1) is 69.1 Å². The van der Waals surface area contributed by atoms with Crippen molar-refractivity contribution in [2.75, 3.05) is 0 Å². The summed E-state index contributed by atoms with van der Waals surface area (Å²) in [4.78, 5) is 0. The van der Waals surface area contributed by atoms with Crippen LogP contribution in [0.1, 0.15) is 128 Å². The van der Waals surface area contributed by atoms with Gasteiger partial charge in [0.15, 0.2) is 0 Å². The molecule has 0 aromatic heterocycles. The van der Waals surface area contributed by atoms with E-state index in [2.05, 4.69) is 164 Å². The third-order valence-corrected chi connectivity index (χ3v) is 14.7. The van der Waals surface area contributed by atoms with Gasteiger partial charge in [-0.25, -0.2) is 0 Å². The molecule has 4 aliphatic carbocycles. The molecule has 0 radical (unpaired) electrons. The van der Waals surface area contributed by atoms with Crippen molar-refractivity contribution in [3.05, 3.63) is 131 Å². The van der Waals surface area contributed by atoms with Crippen LogP contribution in [0.15, 0.2) is 109 Å². The molecule has 4 saturated carbocycles. The SMILES string of the molecule is CC(C)(C)c1ccc(-c2cccc3[cH-]c(CC45CCC(CC4)C5)cc23)cc1.CC(C)(C)c1ccc(-c2cccc3[cH-]c(CC45CCC(CC4)C5)cc23)cc1.C[Si](C)=[Zr+2].[Cl-].[Cl-]. The summed E-state index contributed by atoms with van der Waals surface area (Å²) in [5.41, 5.74) is 13.2. The molecule has 4 bridgehead atoms. The van der Waals surface area contributed by atoms with Gasteiger partial charge in [0.1, 0.15) is 0 Å². The third-order valence-electron chi connectivity index (χ3n) is 14.7. The van der Waals surface area contributed by atoms with Gasteiger partial charge in [-0.2, -0.15) is 12.1 Å². The van der Waals surface area contributed by atoms with Gasteiger partial charge in [-0.1, -0.05) is 113 Å². The number of hydrogen-bond donors (Lipinski definition) is 0. The van der Waals surface area contributed by atoms with Crippen LogP contribution in [-0.2, 0) is 47.0 Å². The molecule has 0 N–H and O–H groups in total. The van der Waals surface area contributed by atoms with Crippen molar-refractivity contribution in [1.82, 2.24) is 0 Å². The van der Waals surface area contributed by atoms with Crippen molar-refractivity contribution in [3.63, 3.8) is 0 Å². The minimum absolute atomic E-state index is 0. The maximum Gasteiger partial charge on any atom is -1.00 e. The molecular formula is C56H68Cl2SiZr-2. The summed E-state index contributed by atoms with van der Waals surface area (Å²) in [7, 11) is 0. The fourth-order valence-electron chi connectivity index (χ4n) is 11.6. The summed E-state index contributed by atoms with van der Waals surface area (Å²) < 4.78 is 0. The number of rotatable bonds is 6. The Hall–Kier alpha value is -2.22. The summed E-state index contributed by atoms with van der Waals surface area (Å²) in [6.07, 6.45) is 17.3. The van der Waals surface area contributed by atoms with Crippen LogP contribution in [-0.4, -0.2) is 5.43 Å². The Morgan fingerprint density at radius 2 is 0.883 bits per heavy atom. The first-order chi connectivity index (χ1) is 27.6. The molecule has 4 aliphatic rings. The third kappa shape index (κ3) is 10.6. The molecule has 6 aromatic rings. The average molecular weight is 931 g/mol. The van der Waals surface area contributed by atoms with Gasteiger partial charge in [-0.3, -0.25) is 0 Å². The fourth-order valence-corrected chi connectivity index (χ4v) is 11.6. The largest absolute Gasteiger partial charge is 1.00 e. The minimum Gasteiger partial charge on any atom is -1.00 e. The standard InChI is InChI=1S/2C27H31.C2H6Si.2ClH.Zr/c2*1-26(2,3)23-9-7-21(8-10-23)24-6-4-5-22-15-20(16-25(22)24)18-27-13-11-19(17-27)12-14-27;1-3-2;;;/h2*4-10,15-16,19H,11-14,17-18H2,1-3H3;1-2H3;2*1H;/q2*-1;;;;+2/p-2. The molecule has 0 aliphatic heterocycles. The van der Waals surface area contributed by atoms with E-state index >= 15 is 0 Å². The smallest absolute Gasteiger partial charge is 1.00 e. The molecule has 0 heterocycles. The monoisotopic (exact) mass is 928 g/mol. The molecule has 4 fully saturated rings. The van der Waals surface area contributed by atoms with Crippen LogP contribution >= 0.6 is 0 Å². The van der Waals surface area contributed by atoms with Gasteiger partial charge in [0.2, 0.25) is 0 Å². The van der Waals surface area contributed by atoms with E-state index in [-0.39, 0.29) is 41.1 Å². The van der Waals surface area contributed by atoms with E-state index in [1.165, 1.54) is 132 Å². The van der Waals surface area contributed by atoms with Crippen molar-refractivity contribution in [3.8, 4) is 22.3 Å². The van der Waals surface area contributed by atoms with Crippen LogP contribution in [0.3, 0.4) is 0 Å². The number of hydrogen-bond acceptors (Lipinski definition) is 0. The summed E-state index contributed by atoms with van der Waals surface area (Å²) in [6.45, 7) is 18.3. The zero-order valence-electron chi connectivity index (χ0n) is 37.8. The molecule has 316 valence electrons. The molecule has 0 atom stereocenters. The quantitative estimate of drug-likeness (QED) is 0.115. The summed E-state index contributed by atoms with van der Waals surface area (Å²) in [6, 6.07) is 41.9. The number of halogens is 2. The topological polar surface area (TPSA) is 0 Å². The van der Waals surface area contributed by atoms with Crippen molar-refractivity contribution in [1.29, 1.82) is 0 Å². The maximum absolute atomic E-state index is 2.49.